The first kappa shape index (κ1) is 19.8. The fourth-order valence-corrected chi connectivity index (χ4v) is 2.97. The molecule has 0 atom stereocenters. The number of fused-ring (bicyclic) bond motifs is 6. The first-order chi connectivity index (χ1) is 11.1. The molecule has 1 aromatic rings. The van der Waals surface area contributed by atoms with E-state index >= 15 is 0 Å². The Hall–Kier alpha value is -1.55. The van der Waals surface area contributed by atoms with Gasteiger partial charge in [0.1, 0.15) is 13.3 Å². The summed E-state index contributed by atoms with van der Waals surface area (Å²) in [7, 11) is 0. The average Bonchev–Trinajstić information content (AvgIpc) is 3.07. The molecule has 9 heteroatoms. The van der Waals surface area contributed by atoms with Gasteiger partial charge in [-0.1, -0.05) is 6.07 Å². The van der Waals surface area contributed by atoms with Gasteiger partial charge >= 0.3 is 22.4 Å². The normalized spacial score (nSPS) is 20.9. The van der Waals surface area contributed by atoms with Crippen molar-refractivity contribution >= 4 is 0 Å². The monoisotopic (exact) mass is 437 g/mol. The third-order valence-electron chi connectivity index (χ3n) is 3.92. The summed E-state index contributed by atoms with van der Waals surface area (Å²) in [6, 6.07) is 6.01. The number of rotatable bonds is 0. The maximum absolute atomic E-state index is 10.3. The zero-order valence-corrected chi connectivity index (χ0v) is 14.9. The Labute approximate surface area is 162 Å². The second-order valence-corrected chi connectivity index (χ2v) is 6.12. The fraction of sp³-hybridized carbons (Fsp3) is 0.312. The number of pyridine rings is 1. The molecule has 3 aliphatic rings. The summed E-state index contributed by atoms with van der Waals surface area (Å²) in [5.41, 5.74) is 1.95. The Morgan fingerprint density at radius 2 is 1.24 bits per heavy atom. The van der Waals surface area contributed by atoms with Crippen LogP contribution in [0.3, 0.4) is 0 Å². The molecule has 1 aromatic heterocycles. The molecule has 8 nitrogen and oxygen atoms in total. The molecule has 138 valence electrons. The Kier molecular flexibility index (Phi) is 6.15. The van der Waals surface area contributed by atoms with Crippen LogP contribution in [0.15, 0.2) is 43.0 Å². The van der Waals surface area contributed by atoms with Gasteiger partial charge in [-0.05, 0) is 12.1 Å². The van der Waals surface area contributed by atoms with E-state index in [1.165, 1.54) is 0 Å². The van der Waals surface area contributed by atoms with Crippen molar-refractivity contribution in [3.8, 4) is 0 Å². The first-order valence-corrected chi connectivity index (χ1v) is 7.55. The van der Waals surface area contributed by atoms with Gasteiger partial charge in [0.2, 0.25) is 0 Å². The molecule has 3 N–H and O–H groups in total. The molecule has 0 saturated heterocycles. The topological polar surface area (TPSA) is 96.3 Å². The van der Waals surface area contributed by atoms with Crippen LogP contribution < -0.4 is 0 Å². The van der Waals surface area contributed by atoms with E-state index in [0.717, 1.165) is 11.4 Å². The van der Waals surface area contributed by atoms with Gasteiger partial charge in [-0.15, -0.1) is 0 Å². The summed E-state index contributed by atoms with van der Waals surface area (Å²) < 4.78 is 0. The Morgan fingerprint density at radius 1 is 0.800 bits per heavy atom. The SMILES string of the molecule is OC1(O)CN2[CH]N(C=C2)Cc2cccc(n2)CN2[CH]N(C=C2)C1.[Ag+].[OH-]. The minimum Gasteiger partial charge on any atom is -0.870 e. The van der Waals surface area contributed by atoms with Crippen molar-refractivity contribution in [3.63, 3.8) is 0 Å². The molecule has 4 rings (SSSR count). The minimum atomic E-state index is -1.82. The maximum atomic E-state index is 10.3. The molecule has 0 spiro atoms. The third kappa shape index (κ3) is 4.75. The summed E-state index contributed by atoms with van der Waals surface area (Å²) in [4.78, 5) is 12.2. The molecular formula is C16H20AgN5O3. The zero-order valence-electron chi connectivity index (χ0n) is 13.4. The van der Waals surface area contributed by atoms with Crippen LogP contribution in [0, 0.1) is 13.3 Å². The van der Waals surface area contributed by atoms with Crippen molar-refractivity contribution in [2.24, 2.45) is 0 Å². The number of aromatic nitrogens is 1. The van der Waals surface area contributed by atoms with Crippen molar-refractivity contribution in [1.29, 1.82) is 0 Å². The molecule has 0 aromatic carbocycles. The van der Waals surface area contributed by atoms with Gasteiger partial charge in [-0.3, -0.25) is 4.98 Å². The molecule has 0 fully saturated rings. The van der Waals surface area contributed by atoms with Crippen molar-refractivity contribution in [2.75, 3.05) is 13.1 Å². The van der Waals surface area contributed by atoms with Gasteiger partial charge in [-0.25, -0.2) is 0 Å². The Bertz CT molecular complexity index is 605. The second-order valence-electron chi connectivity index (χ2n) is 6.12. The molecule has 0 aliphatic carbocycles. The summed E-state index contributed by atoms with van der Waals surface area (Å²) >= 11 is 0. The number of hydrogen-bond acceptors (Lipinski definition) is 8. The van der Waals surface area contributed by atoms with Gasteiger partial charge in [0, 0.05) is 24.8 Å². The smallest absolute Gasteiger partial charge is 0.870 e. The van der Waals surface area contributed by atoms with Gasteiger partial charge in [-0.2, -0.15) is 0 Å². The summed E-state index contributed by atoms with van der Waals surface area (Å²) in [6.07, 6.45) is 7.49. The van der Waals surface area contributed by atoms with E-state index in [-0.39, 0.29) is 40.9 Å². The number of nitrogens with zero attached hydrogens (tertiary/aromatic N) is 5. The average molecular weight is 438 g/mol. The number of aliphatic hydroxyl groups is 2. The van der Waals surface area contributed by atoms with E-state index in [0.29, 0.717) is 13.1 Å². The van der Waals surface area contributed by atoms with Crippen LogP contribution in [0.2, 0.25) is 0 Å². The molecule has 25 heavy (non-hydrogen) atoms. The van der Waals surface area contributed by atoms with Crippen LogP contribution in [-0.2, 0) is 35.5 Å². The fourth-order valence-electron chi connectivity index (χ4n) is 2.97. The van der Waals surface area contributed by atoms with Crippen LogP contribution >= 0.6 is 0 Å². The van der Waals surface area contributed by atoms with Gasteiger partial charge in [0.25, 0.3) is 0 Å². The van der Waals surface area contributed by atoms with Crippen LogP contribution in [0.25, 0.3) is 0 Å². The van der Waals surface area contributed by atoms with E-state index in [2.05, 4.69) is 0 Å². The third-order valence-corrected chi connectivity index (χ3v) is 3.92. The molecule has 6 bridgehead atoms. The van der Waals surface area contributed by atoms with E-state index in [1.807, 2.05) is 66.1 Å². The van der Waals surface area contributed by atoms with Gasteiger partial charge < -0.3 is 35.3 Å². The predicted octanol–water partition coefficient (Wildman–Crippen LogP) is 0.0130. The maximum Gasteiger partial charge on any atom is 1.00 e. The zero-order chi connectivity index (χ0) is 15.9. The van der Waals surface area contributed by atoms with Crippen LogP contribution in [-0.4, -0.2) is 59.1 Å². The van der Waals surface area contributed by atoms with Crippen molar-refractivity contribution in [3.05, 3.63) is 67.7 Å². The van der Waals surface area contributed by atoms with Gasteiger partial charge in [0.05, 0.1) is 37.6 Å². The Morgan fingerprint density at radius 3 is 1.72 bits per heavy atom. The molecule has 0 saturated carbocycles. The van der Waals surface area contributed by atoms with E-state index in [1.54, 1.807) is 9.80 Å². The molecule has 0 unspecified atom stereocenters. The first-order valence-electron chi connectivity index (χ1n) is 7.55. The molecule has 2 radical (unpaired) electrons. The second kappa shape index (κ2) is 7.77. The number of hydrogen-bond donors (Lipinski definition) is 2. The van der Waals surface area contributed by atoms with E-state index in [9.17, 15) is 10.2 Å². The molecular weight excluding hydrogens is 418 g/mol. The van der Waals surface area contributed by atoms with Gasteiger partial charge in [0.15, 0.2) is 5.79 Å². The van der Waals surface area contributed by atoms with E-state index < -0.39 is 5.79 Å². The van der Waals surface area contributed by atoms with Crippen LogP contribution in [0.5, 0.6) is 0 Å². The quantitative estimate of drug-likeness (QED) is 0.432. The van der Waals surface area contributed by atoms with Crippen molar-refractivity contribution < 1.29 is 38.1 Å². The summed E-state index contributed by atoms with van der Waals surface area (Å²) in [6.45, 7) is 5.22. The molecule has 0 amide bonds. The standard InChI is InChI=1S/C16H19N5O2.Ag.H2O/c22-16(23)10-20-6-4-18(12-20)8-14-2-1-3-15(17-14)9-19-5-7-21(11-16)13-19;;/h1-7,12-13,22-23H,8-11H2;;1H2/q;+1;/p-1. The summed E-state index contributed by atoms with van der Waals surface area (Å²) in [5.74, 6) is -1.82. The van der Waals surface area contributed by atoms with Crippen LogP contribution in [0.4, 0.5) is 0 Å². The minimum absolute atomic E-state index is 0. The van der Waals surface area contributed by atoms with Crippen molar-refractivity contribution in [1.82, 2.24) is 24.6 Å². The Balaban J connectivity index is 0.00000113. The largest absolute Gasteiger partial charge is 1.00 e. The van der Waals surface area contributed by atoms with E-state index in [4.69, 9.17) is 4.98 Å². The molecule has 4 heterocycles. The molecule has 3 aliphatic heterocycles. The predicted molar refractivity (Wildman–Crippen MR) is 84.7 cm³/mol. The summed E-state index contributed by atoms with van der Waals surface area (Å²) in [5, 5.41) is 20.5. The van der Waals surface area contributed by atoms with Crippen molar-refractivity contribution in [2.45, 2.75) is 18.9 Å². The van der Waals surface area contributed by atoms with Crippen LogP contribution in [0.1, 0.15) is 11.4 Å².